The van der Waals surface area contributed by atoms with Crippen molar-refractivity contribution in [1.82, 2.24) is 9.55 Å². The summed E-state index contributed by atoms with van der Waals surface area (Å²) in [7, 11) is 1.88. The van der Waals surface area contributed by atoms with Crippen LogP contribution in [0.15, 0.2) is 12.5 Å². The zero-order chi connectivity index (χ0) is 8.72. The number of aromatic nitrogens is 2. The van der Waals surface area contributed by atoms with E-state index in [1.165, 1.54) is 0 Å². The highest BCUT2D eigenvalue weighted by Gasteiger charge is 2.40. The molecule has 2 rings (SSSR count). The molecule has 0 spiro atoms. The van der Waals surface area contributed by atoms with Crippen molar-refractivity contribution in [3.05, 3.63) is 18.2 Å². The number of carbonyl (C=O) groups excluding carboxylic acids is 1. The molecule has 64 valence electrons. The molecule has 0 aromatic carbocycles. The van der Waals surface area contributed by atoms with Crippen LogP contribution < -0.4 is 0 Å². The summed E-state index contributed by atoms with van der Waals surface area (Å²) >= 11 is 0. The summed E-state index contributed by atoms with van der Waals surface area (Å²) in [4.78, 5) is 15.6. The highest BCUT2D eigenvalue weighted by Crippen LogP contribution is 2.39. The minimum atomic E-state index is 0.211. The first-order chi connectivity index (χ1) is 5.68. The van der Waals surface area contributed by atoms with Gasteiger partial charge in [-0.2, -0.15) is 0 Å². The molecular formula is C9H12N2O. The van der Waals surface area contributed by atoms with Gasteiger partial charge in [0, 0.05) is 19.2 Å². The van der Waals surface area contributed by atoms with E-state index in [0.29, 0.717) is 11.6 Å². The van der Waals surface area contributed by atoms with Crippen molar-refractivity contribution in [2.75, 3.05) is 0 Å². The highest BCUT2D eigenvalue weighted by atomic mass is 16.1. The average molecular weight is 164 g/mol. The molecule has 0 radical (unpaired) electrons. The maximum absolute atomic E-state index is 11.6. The number of aryl methyl sites for hydroxylation is 1. The van der Waals surface area contributed by atoms with Crippen LogP contribution in [-0.4, -0.2) is 15.3 Å². The Morgan fingerprint density at radius 1 is 1.75 bits per heavy atom. The third kappa shape index (κ3) is 1.15. The second kappa shape index (κ2) is 2.44. The van der Waals surface area contributed by atoms with Crippen LogP contribution in [0.5, 0.6) is 0 Å². The number of Topliss-reactive ketones (excluding diaryl/α,β-unsaturated/α-hetero) is 1. The molecule has 0 bridgehead atoms. The van der Waals surface area contributed by atoms with Gasteiger partial charge in [-0.05, 0) is 12.3 Å². The van der Waals surface area contributed by atoms with Gasteiger partial charge >= 0.3 is 0 Å². The first-order valence-electron chi connectivity index (χ1n) is 4.20. The maximum atomic E-state index is 11.6. The molecule has 0 aliphatic heterocycles. The maximum Gasteiger partial charge on any atom is 0.186 e. The Bertz CT molecular complexity index is 316. The summed E-state index contributed by atoms with van der Waals surface area (Å²) in [6.07, 6.45) is 4.49. The van der Waals surface area contributed by atoms with Crippen molar-refractivity contribution >= 4 is 5.78 Å². The standard InChI is InChI=1S/C9H12N2O/c1-6-3-7(6)9(12)8-4-11(2)5-10-8/h4-7H,3H2,1-2H3. The van der Waals surface area contributed by atoms with Gasteiger partial charge in [0.1, 0.15) is 5.69 Å². The lowest BCUT2D eigenvalue weighted by Gasteiger charge is -1.90. The molecule has 1 saturated carbocycles. The van der Waals surface area contributed by atoms with Gasteiger partial charge in [0.25, 0.3) is 0 Å². The Morgan fingerprint density at radius 3 is 2.83 bits per heavy atom. The van der Waals surface area contributed by atoms with Crippen molar-refractivity contribution in [2.45, 2.75) is 13.3 Å². The fourth-order valence-electron chi connectivity index (χ4n) is 1.42. The van der Waals surface area contributed by atoms with Crippen molar-refractivity contribution in [1.29, 1.82) is 0 Å². The molecule has 1 aromatic rings. The predicted molar refractivity (Wildman–Crippen MR) is 44.8 cm³/mol. The molecule has 0 saturated heterocycles. The van der Waals surface area contributed by atoms with Gasteiger partial charge in [-0.15, -0.1) is 0 Å². The van der Waals surface area contributed by atoms with E-state index in [0.717, 1.165) is 6.42 Å². The summed E-state index contributed by atoms with van der Waals surface area (Å²) in [6.45, 7) is 2.10. The molecular weight excluding hydrogens is 152 g/mol. The van der Waals surface area contributed by atoms with Crippen LogP contribution >= 0.6 is 0 Å². The highest BCUT2D eigenvalue weighted by molar-refractivity contribution is 5.97. The summed E-state index contributed by atoms with van der Waals surface area (Å²) in [5.41, 5.74) is 0.617. The molecule has 3 nitrogen and oxygen atoms in total. The van der Waals surface area contributed by atoms with Crippen molar-refractivity contribution in [2.24, 2.45) is 18.9 Å². The molecule has 0 amide bonds. The summed E-state index contributed by atoms with van der Waals surface area (Å²) in [5, 5.41) is 0. The lowest BCUT2D eigenvalue weighted by atomic mass is 10.2. The van der Waals surface area contributed by atoms with Crippen LogP contribution in [0.2, 0.25) is 0 Å². The van der Waals surface area contributed by atoms with Crippen LogP contribution in [0.1, 0.15) is 23.8 Å². The van der Waals surface area contributed by atoms with Gasteiger partial charge in [0.05, 0.1) is 6.33 Å². The molecule has 12 heavy (non-hydrogen) atoms. The van der Waals surface area contributed by atoms with Gasteiger partial charge in [-0.25, -0.2) is 4.98 Å². The second-order valence-corrected chi connectivity index (χ2v) is 3.61. The first-order valence-corrected chi connectivity index (χ1v) is 4.20. The molecule has 1 fully saturated rings. The third-order valence-electron chi connectivity index (χ3n) is 2.40. The van der Waals surface area contributed by atoms with Crippen LogP contribution in [0, 0.1) is 11.8 Å². The van der Waals surface area contributed by atoms with Crippen LogP contribution in [0.25, 0.3) is 0 Å². The van der Waals surface area contributed by atoms with Gasteiger partial charge in [-0.3, -0.25) is 4.79 Å². The van der Waals surface area contributed by atoms with E-state index in [2.05, 4.69) is 11.9 Å². The van der Waals surface area contributed by atoms with Crippen LogP contribution in [0.3, 0.4) is 0 Å². The first kappa shape index (κ1) is 7.53. The Hall–Kier alpha value is -1.12. The molecule has 3 heteroatoms. The topological polar surface area (TPSA) is 34.9 Å². The van der Waals surface area contributed by atoms with E-state index in [4.69, 9.17) is 0 Å². The quantitative estimate of drug-likeness (QED) is 0.617. The summed E-state index contributed by atoms with van der Waals surface area (Å²) in [6, 6.07) is 0. The fourth-order valence-corrected chi connectivity index (χ4v) is 1.42. The third-order valence-corrected chi connectivity index (χ3v) is 2.40. The lowest BCUT2D eigenvalue weighted by molar-refractivity contribution is 0.0958. The van der Waals surface area contributed by atoms with Crippen LogP contribution in [0.4, 0.5) is 0 Å². The molecule has 0 N–H and O–H groups in total. The normalized spacial score (nSPS) is 27.2. The van der Waals surface area contributed by atoms with E-state index in [9.17, 15) is 4.79 Å². The van der Waals surface area contributed by atoms with E-state index in [1.807, 2.05) is 7.05 Å². The molecule has 1 aromatic heterocycles. The van der Waals surface area contributed by atoms with Gasteiger partial charge in [0.15, 0.2) is 5.78 Å². The molecule has 2 unspecified atom stereocenters. The van der Waals surface area contributed by atoms with Crippen LogP contribution in [-0.2, 0) is 7.05 Å². The SMILES string of the molecule is CC1CC1C(=O)c1cn(C)cn1. The smallest absolute Gasteiger partial charge is 0.186 e. The number of ketones is 1. The minimum Gasteiger partial charge on any atom is -0.340 e. The van der Waals surface area contributed by atoms with Gasteiger partial charge in [0.2, 0.25) is 0 Å². The van der Waals surface area contributed by atoms with E-state index in [1.54, 1.807) is 17.1 Å². The number of hydrogen-bond acceptors (Lipinski definition) is 2. The van der Waals surface area contributed by atoms with Crippen molar-refractivity contribution in [3.63, 3.8) is 0 Å². The number of imidazole rings is 1. The number of carbonyl (C=O) groups is 1. The fraction of sp³-hybridized carbons (Fsp3) is 0.556. The van der Waals surface area contributed by atoms with Crippen molar-refractivity contribution in [3.8, 4) is 0 Å². The van der Waals surface area contributed by atoms with E-state index >= 15 is 0 Å². The lowest BCUT2D eigenvalue weighted by Crippen LogP contribution is -2.02. The molecule has 1 heterocycles. The van der Waals surface area contributed by atoms with Crippen molar-refractivity contribution < 1.29 is 4.79 Å². The Labute approximate surface area is 71.4 Å². The van der Waals surface area contributed by atoms with Gasteiger partial charge < -0.3 is 4.57 Å². The number of hydrogen-bond donors (Lipinski definition) is 0. The summed E-state index contributed by atoms with van der Waals surface area (Å²) in [5.74, 6) is 1.03. The monoisotopic (exact) mass is 164 g/mol. The average Bonchev–Trinajstić information content (AvgIpc) is 2.58. The van der Waals surface area contributed by atoms with Gasteiger partial charge in [-0.1, -0.05) is 6.92 Å². The zero-order valence-corrected chi connectivity index (χ0v) is 7.32. The second-order valence-electron chi connectivity index (χ2n) is 3.61. The number of rotatable bonds is 2. The Morgan fingerprint density at radius 2 is 2.42 bits per heavy atom. The molecule has 1 aliphatic carbocycles. The zero-order valence-electron chi connectivity index (χ0n) is 7.32. The summed E-state index contributed by atoms with van der Waals surface area (Å²) < 4.78 is 1.81. The Kier molecular flexibility index (Phi) is 1.53. The van der Waals surface area contributed by atoms with E-state index in [-0.39, 0.29) is 11.7 Å². The minimum absolute atomic E-state index is 0.211. The molecule has 2 atom stereocenters. The largest absolute Gasteiger partial charge is 0.340 e. The number of nitrogens with zero attached hydrogens (tertiary/aromatic N) is 2. The molecule has 1 aliphatic rings. The Balaban J connectivity index is 2.15. The predicted octanol–water partition coefficient (Wildman–Crippen LogP) is 1.26. The van der Waals surface area contributed by atoms with E-state index < -0.39 is 0 Å².